The van der Waals surface area contributed by atoms with Crippen molar-refractivity contribution in [2.45, 2.75) is 13.2 Å². The Morgan fingerprint density at radius 3 is 2.06 bits per heavy atom. The average Bonchev–Trinajstić information content (AvgIpc) is 2.90. The average molecular weight is 444 g/mol. The molecule has 5 rings (SSSR count). The van der Waals surface area contributed by atoms with Gasteiger partial charge in [0.2, 0.25) is 0 Å². The highest BCUT2D eigenvalue weighted by molar-refractivity contribution is 6.05. The van der Waals surface area contributed by atoms with Crippen molar-refractivity contribution in [2.75, 3.05) is 4.90 Å². The summed E-state index contributed by atoms with van der Waals surface area (Å²) in [5, 5.41) is 0. The van der Waals surface area contributed by atoms with Crippen molar-refractivity contribution in [1.82, 2.24) is 0 Å². The number of benzene rings is 4. The van der Waals surface area contributed by atoms with Gasteiger partial charge in [-0.3, -0.25) is 4.79 Å². The molecule has 0 saturated carbocycles. The molecular formula is C31H25NO2. The lowest BCUT2D eigenvalue weighted by molar-refractivity contribution is 0.104. The van der Waals surface area contributed by atoms with Crippen LogP contribution in [0, 0.1) is 0 Å². The number of hydrogen-bond acceptors (Lipinski definition) is 3. The highest BCUT2D eigenvalue weighted by Gasteiger charge is 2.22. The summed E-state index contributed by atoms with van der Waals surface area (Å²) in [6.45, 7) is 1.15. The van der Waals surface area contributed by atoms with E-state index in [2.05, 4.69) is 35.2 Å². The lowest BCUT2D eigenvalue weighted by Crippen LogP contribution is -2.25. The molecule has 0 aromatic heterocycles. The molecular weight excluding hydrogens is 418 g/mol. The van der Waals surface area contributed by atoms with E-state index in [1.807, 2.05) is 91.0 Å². The summed E-state index contributed by atoms with van der Waals surface area (Å²) in [5.74, 6) is 0.808. The number of allylic oxidation sites excluding steroid dienone is 2. The Bertz CT molecular complexity index is 1330. The van der Waals surface area contributed by atoms with Crippen LogP contribution in [0.1, 0.15) is 27.0 Å². The molecule has 0 saturated heterocycles. The van der Waals surface area contributed by atoms with Crippen LogP contribution in [0.2, 0.25) is 0 Å². The van der Waals surface area contributed by atoms with Crippen LogP contribution in [-0.4, -0.2) is 5.78 Å². The number of ketones is 1. The van der Waals surface area contributed by atoms with Crippen molar-refractivity contribution < 1.29 is 9.53 Å². The van der Waals surface area contributed by atoms with Gasteiger partial charge in [0.25, 0.3) is 0 Å². The summed E-state index contributed by atoms with van der Waals surface area (Å²) in [4.78, 5) is 15.2. The maximum absolute atomic E-state index is 13.0. The van der Waals surface area contributed by atoms with Crippen LogP contribution in [0.4, 0.5) is 5.69 Å². The minimum Gasteiger partial charge on any atom is -0.488 e. The third-order valence-electron chi connectivity index (χ3n) is 5.82. The molecule has 3 nitrogen and oxygen atoms in total. The smallest absolute Gasteiger partial charge is 0.187 e. The van der Waals surface area contributed by atoms with Crippen LogP contribution in [0.5, 0.6) is 5.75 Å². The maximum Gasteiger partial charge on any atom is 0.187 e. The number of nitrogens with zero attached hydrogens (tertiary/aromatic N) is 1. The van der Waals surface area contributed by atoms with Crippen LogP contribution in [0.15, 0.2) is 127 Å². The van der Waals surface area contributed by atoms with Crippen molar-refractivity contribution in [3.8, 4) is 5.75 Å². The van der Waals surface area contributed by atoms with Crippen LogP contribution in [-0.2, 0) is 13.2 Å². The van der Waals surface area contributed by atoms with Gasteiger partial charge in [0.05, 0.1) is 5.69 Å². The van der Waals surface area contributed by atoms with Gasteiger partial charge in [0.1, 0.15) is 12.4 Å². The molecule has 1 aliphatic rings. The second-order valence-corrected chi connectivity index (χ2v) is 8.17. The van der Waals surface area contributed by atoms with Gasteiger partial charge in [-0.1, -0.05) is 97.1 Å². The second-order valence-electron chi connectivity index (χ2n) is 8.17. The zero-order chi connectivity index (χ0) is 23.2. The molecule has 166 valence electrons. The Kier molecular flexibility index (Phi) is 6.35. The van der Waals surface area contributed by atoms with Crippen LogP contribution in [0.25, 0.3) is 6.08 Å². The van der Waals surface area contributed by atoms with E-state index in [-0.39, 0.29) is 5.78 Å². The monoisotopic (exact) mass is 443 g/mol. The summed E-state index contributed by atoms with van der Waals surface area (Å²) in [6, 6.07) is 35.9. The Balaban J connectivity index is 1.50. The summed E-state index contributed by atoms with van der Waals surface area (Å²) in [6.07, 6.45) is 5.76. The maximum atomic E-state index is 13.0. The van der Waals surface area contributed by atoms with Crippen LogP contribution < -0.4 is 9.64 Å². The summed E-state index contributed by atoms with van der Waals surface area (Å²) in [5.41, 5.74) is 5.84. The highest BCUT2D eigenvalue weighted by Crippen LogP contribution is 2.38. The summed E-state index contributed by atoms with van der Waals surface area (Å²) < 4.78 is 6.21. The SMILES string of the molecule is O=C(/C=C1\C=Cc2c(OCc3ccccc3)cccc2N1Cc1ccccc1)c1ccccc1. The third-order valence-corrected chi connectivity index (χ3v) is 5.82. The molecule has 0 bridgehead atoms. The lowest BCUT2D eigenvalue weighted by Gasteiger charge is -2.31. The first-order valence-electron chi connectivity index (χ1n) is 11.4. The van der Waals surface area contributed by atoms with Gasteiger partial charge >= 0.3 is 0 Å². The first kappa shape index (κ1) is 21.5. The molecule has 1 aliphatic heterocycles. The molecule has 0 atom stereocenters. The van der Waals surface area contributed by atoms with Gasteiger partial charge in [0.15, 0.2) is 5.78 Å². The largest absolute Gasteiger partial charge is 0.488 e. The zero-order valence-corrected chi connectivity index (χ0v) is 18.8. The van der Waals surface area contributed by atoms with E-state index in [1.54, 1.807) is 6.08 Å². The minimum atomic E-state index is -0.0155. The van der Waals surface area contributed by atoms with E-state index in [9.17, 15) is 4.79 Å². The van der Waals surface area contributed by atoms with E-state index in [0.29, 0.717) is 18.7 Å². The minimum absolute atomic E-state index is 0.0155. The number of fused-ring (bicyclic) bond motifs is 1. The molecule has 1 heterocycles. The molecule has 0 unspecified atom stereocenters. The van der Waals surface area contributed by atoms with Crippen molar-refractivity contribution in [3.63, 3.8) is 0 Å². The number of rotatable bonds is 7. The van der Waals surface area contributed by atoms with E-state index in [0.717, 1.165) is 33.8 Å². The molecule has 4 aromatic rings. The first-order chi connectivity index (χ1) is 16.8. The Hall–Kier alpha value is -4.37. The van der Waals surface area contributed by atoms with E-state index in [4.69, 9.17) is 4.74 Å². The molecule has 4 aromatic carbocycles. The zero-order valence-electron chi connectivity index (χ0n) is 18.8. The summed E-state index contributed by atoms with van der Waals surface area (Å²) in [7, 11) is 0. The van der Waals surface area contributed by atoms with Crippen LogP contribution >= 0.6 is 0 Å². The second kappa shape index (κ2) is 10.1. The number of anilines is 1. The fourth-order valence-electron chi connectivity index (χ4n) is 4.08. The number of carbonyl (C=O) groups excluding carboxylic acids is 1. The van der Waals surface area contributed by atoms with Gasteiger partial charge in [-0.05, 0) is 35.4 Å². The predicted molar refractivity (Wildman–Crippen MR) is 138 cm³/mol. The van der Waals surface area contributed by atoms with E-state index >= 15 is 0 Å². The topological polar surface area (TPSA) is 29.5 Å². The number of hydrogen-bond donors (Lipinski definition) is 0. The van der Waals surface area contributed by atoms with Crippen LogP contribution in [0.3, 0.4) is 0 Å². The quantitative estimate of drug-likeness (QED) is 0.226. The molecule has 0 radical (unpaired) electrons. The molecule has 3 heteroatoms. The molecule has 34 heavy (non-hydrogen) atoms. The predicted octanol–water partition coefficient (Wildman–Crippen LogP) is 7.07. The molecule has 0 N–H and O–H groups in total. The lowest BCUT2D eigenvalue weighted by atomic mass is 10.0. The van der Waals surface area contributed by atoms with Gasteiger partial charge in [-0.15, -0.1) is 0 Å². The molecule has 0 fully saturated rings. The fraction of sp³-hybridized carbons (Fsp3) is 0.0645. The third kappa shape index (κ3) is 4.84. The van der Waals surface area contributed by atoms with Crippen molar-refractivity contribution in [2.24, 2.45) is 0 Å². The normalized spacial score (nSPS) is 13.5. The van der Waals surface area contributed by atoms with Crippen molar-refractivity contribution in [3.05, 3.63) is 149 Å². The van der Waals surface area contributed by atoms with Gasteiger partial charge < -0.3 is 9.64 Å². The van der Waals surface area contributed by atoms with Gasteiger partial charge in [-0.25, -0.2) is 0 Å². The Morgan fingerprint density at radius 2 is 1.35 bits per heavy atom. The molecule has 0 spiro atoms. The van der Waals surface area contributed by atoms with Crippen molar-refractivity contribution >= 4 is 17.5 Å². The van der Waals surface area contributed by atoms with E-state index in [1.165, 1.54) is 0 Å². The molecule has 0 amide bonds. The van der Waals surface area contributed by atoms with Gasteiger partial charge in [0, 0.05) is 29.4 Å². The fourth-order valence-corrected chi connectivity index (χ4v) is 4.08. The number of ether oxygens (including phenoxy) is 1. The summed E-state index contributed by atoms with van der Waals surface area (Å²) >= 11 is 0. The standard InChI is InChI=1S/C31H25NO2/c33-30(26-15-8-3-9-16-26)21-27-19-20-28-29(32(27)22-24-11-4-1-5-12-24)17-10-18-31(28)34-23-25-13-6-2-7-14-25/h1-21H,22-23H2/b27-21+. The molecule has 0 aliphatic carbocycles. The highest BCUT2D eigenvalue weighted by atomic mass is 16.5. The first-order valence-corrected chi connectivity index (χ1v) is 11.4. The Labute approximate surface area is 200 Å². The Morgan fingerprint density at radius 1 is 0.706 bits per heavy atom. The van der Waals surface area contributed by atoms with E-state index < -0.39 is 0 Å². The number of carbonyl (C=O) groups is 1. The van der Waals surface area contributed by atoms with Gasteiger partial charge in [-0.2, -0.15) is 0 Å². The van der Waals surface area contributed by atoms with Crippen molar-refractivity contribution in [1.29, 1.82) is 0 Å².